The van der Waals surface area contributed by atoms with Crippen LogP contribution in [-0.4, -0.2) is 40.8 Å². The molecule has 0 spiro atoms. The molecule has 1 N–H and O–H groups in total. The molecule has 0 aromatic carbocycles. The summed E-state index contributed by atoms with van der Waals surface area (Å²) < 4.78 is 38.6. The van der Waals surface area contributed by atoms with E-state index in [9.17, 15) is 23.1 Å². The van der Waals surface area contributed by atoms with Crippen molar-refractivity contribution in [3.05, 3.63) is 0 Å². The van der Waals surface area contributed by atoms with E-state index in [0.29, 0.717) is 19.4 Å². The molecule has 2 aliphatic rings. The molecule has 1 saturated carbocycles. The van der Waals surface area contributed by atoms with Crippen molar-refractivity contribution >= 4 is 5.91 Å². The molecule has 17 heavy (non-hydrogen) atoms. The second-order valence-electron chi connectivity index (χ2n) is 4.87. The lowest BCUT2D eigenvalue weighted by Crippen LogP contribution is -2.51. The third kappa shape index (κ3) is 2.56. The fraction of sp³-hybridized carbons (Fsp3) is 0.909. The van der Waals surface area contributed by atoms with Crippen LogP contribution in [0.4, 0.5) is 13.2 Å². The van der Waals surface area contributed by atoms with Crippen LogP contribution in [0.3, 0.4) is 0 Å². The number of aliphatic hydroxyl groups excluding tert-OH is 1. The van der Waals surface area contributed by atoms with E-state index in [4.69, 9.17) is 0 Å². The van der Waals surface area contributed by atoms with Crippen LogP contribution in [0.5, 0.6) is 0 Å². The molecule has 2 rings (SSSR count). The molecular formula is C11H16F3NO2. The van der Waals surface area contributed by atoms with Crippen molar-refractivity contribution in [2.24, 2.45) is 5.92 Å². The maximum atomic E-state index is 12.9. The lowest BCUT2D eigenvalue weighted by molar-refractivity contribution is -0.204. The smallest absolute Gasteiger partial charge is 0.393 e. The fourth-order valence-corrected chi connectivity index (χ4v) is 2.87. The van der Waals surface area contributed by atoms with Crippen molar-refractivity contribution < 1.29 is 23.1 Å². The van der Waals surface area contributed by atoms with Crippen molar-refractivity contribution in [1.29, 1.82) is 0 Å². The predicted octanol–water partition coefficient (Wildman–Crippen LogP) is 1.70. The normalized spacial score (nSPS) is 35.4. The Morgan fingerprint density at radius 3 is 2.53 bits per heavy atom. The number of nitrogens with zero attached hydrogens (tertiary/aromatic N) is 1. The van der Waals surface area contributed by atoms with Gasteiger partial charge in [0.25, 0.3) is 0 Å². The van der Waals surface area contributed by atoms with Crippen LogP contribution in [0.2, 0.25) is 0 Å². The molecule has 6 heteroatoms. The molecule has 1 aliphatic heterocycles. The van der Waals surface area contributed by atoms with E-state index in [0.717, 1.165) is 0 Å². The molecule has 1 heterocycles. The number of halogens is 3. The lowest BCUT2D eigenvalue weighted by atomic mass is 9.81. The van der Waals surface area contributed by atoms with Crippen LogP contribution in [-0.2, 0) is 4.79 Å². The summed E-state index contributed by atoms with van der Waals surface area (Å²) in [6.45, 7) is 0.392. The average molecular weight is 251 g/mol. The molecule has 98 valence electrons. The highest BCUT2D eigenvalue weighted by atomic mass is 19.4. The number of hydrogen-bond donors (Lipinski definition) is 1. The summed E-state index contributed by atoms with van der Waals surface area (Å²) in [5, 5.41) is 9.50. The summed E-state index contributed by atoms with van der Waals surface area (Å²) in [5.41, 5.74) is 0. The van der Waals surface area contributed by atoms with Crippen LogP contribution in [0, 0.1) is 5.92 Å². The van der Waals surface area contributed by atoms with E-state index in [2.05, 4.69) is 0 Å². The van der Waals surface area contributed by atoms with Gasteiger partial charge in [0.1, 0.15) is 0 Å². The monoisotopic (exact) mass is 251 g/mol. The zero-order chi connectivity index (χ0) is 12.6. The standard InChI is InChI=1S/C11H16F3NO2/c12-11(13,14)8-4-3-7(16)6-9(8)15-5-1-2-10(15)17/h7-9,16H,1-6H2. The molecule has 0 aromatic rings. The van der Waals surface area contributed by atoms with Crippen molar-refractivity contribution in [1.82, 2.24) is 4.90 Å². The maximum absolute atomic E-state index is 12.9. The second-order valence-corrected chi connectivity index (χ2v) is 4.87. The minimum atomic E-state index is -4.28. The minimum Gasteiger partial charge on any atom is -0.393 e. The van der Waals surface area contributed by atoms with Gasteiger partial charge in [-0.15, -0.1) is 0 Å². The van der Waals surface area contributed by atoms with Gasteiger partial charge in [0.15, 0.2) is 0 Å². The molecule has 3 unspecified atom stereocenters. The quantitative estimate of drug-likeness (QED) is 0.770. The molecule has 2 fully saturated rings. The van der Waals surface area contributed by atoms with Gasteiger partial charge in [-0.3, -0.25) is 4.79 Å². The van der Waals surface area contributed by atoms with Gasteiger partial charge < -0.3 is 10.0 Å². The SMILES string of the molecule is O=C1CCCN1C1CC(O)CCC1C(F)(F)F. The first kappa shape index (κ1) is 12.7. The van der Waals surface area contributed by atoms with Gasteiger partial charge in [0, 0.05) is 19.0 Å². The third-order valence-electron chi connectivity index (χ3n) is 3.72. The topological polar surface area (TPSA) is 40.5 Å². The predicted molar refractivity (Wildman–Crippen MR) is 54.1 cm³/mol. The van der Waals surface area contributed by atoms with Gasteiger partial charge in [0.2, 0.25) is 5.91 Å². The molecule has 0 aromatic heterocycles. The second kappa shape index (κ2) is 4.48. The van der Waals surface area contributed by atoms with Crippen molar-refractivity contribution in [2.45, 2.75) is 50.4 Å². The summed E-state index contributed by atoms with van der Waals surface area (Å²) in [6.07, 6.45) is -3.91. The van der Waals surface area contributed by atoms with E-state index < -0.39 is 24.2 Å². The van der Waals surface area contributed by atoms with Gasteiger partial charge in [-0.05, 0) is 25.7 Å². The van der Waals surface area contributed by atoms with E-state index in [1.165, 1.54) is 4.90 Å². The van der Waals surface area contributed by atoms with Crippen molar-refractivity contribution in [2.75, 3.05) is 6.54 Å². The lowest BCUT2D eigenvalue weighted by Gasteiger charge is -2.40. The number of amides is 1. The Balaban J connectivity index is 2.16. The Morgan fingerprint density at radius 2 is 2.00 bits per heavy atom. The Hall–Kier alpha value is -0.780. The van der Waals surface area contributed by atoms with E-state index in [1.54, 1.807) is 0 Å². The summed E-state index contributed by atoms with van der Waals surface area (Å²) in [4.78, 5) is 12.8. The van der Waals surface area contributed by atoms with Crippen LogP contribution >= 0.6 is 0 Å². The first-order valence-corrected chi connectivity index (χ1v) is 5.94. The average Bonchev–Trinajstić information content (AvgIpc) is 2.62. The molecule has 0 radical (unpaired) electrons. The Morgan fingerprint density at radius 1 is 1.29 bits per heavy atom. The van der Waals surface area contributed by atoms with E-state index in [1.807, 2.05) is 0 Å². The van der Waals surface area contributed by atoms with E-state index >= 15 is 0 Å². The number of carbonyl (C=O) groups excluding carboxylic acids is 1. The number of rotatable bonds is 1. The first-order chi connectivity index (χ1) is 7.89. The molecule has 1 aliphatic carbocycles. The molecule has 1 saturated heterocycles. The molecule has 3 atom stereocenters. The van der Waals surface area contributed by atoms with Crippen LogP contribution in [0.15, 0.2) is 0 Å². The maximum Gasteiger partial charge on any atom is 0.393 e. The van der Waals surface area contributed by atoms with Crippen molar-refractivity contribution in [3.63, 3.8) is 0 Å². The highest BCUT2D eigenvalue weighted by molar-refractivity contribution is 5.78. The fourth-order valence-electron chi connectivity index (χ4n) is 2.87. The van der Waals surface area contributed by atoms with Gasteiger partial charge in [0.05, 0.1) is 12.0 Å². The summed E-state index contributed by atoms with van der Waals surface area (Å²) in [6, 6.07) is -0.867. The zero-order valence-electron chi connectivity index (χ0n) is 9.41. The van der Waals surface area contributed by atoms with E-state index in [-0.39, 0.29) is 25.2 Å². The van der Waals surface area contributed by atoms with Crippen molar-refractivity contribution in [3.8, 4) is 0 Å². The molecule has 3 nitrogen and oxygen atoms in total. The molecule has 1 amide bonds. The third-order valence-corrected chi connectivity index (χ3v) is 3.72. The van der Waals surface area contributed by atoms with Gasteiger partial charge in [-0.1, -0.05) is 0 Å². The Labute approximate surface area is 97.6 Å². The number of alkyl halides is 3. The van der Waals surface area contributed by atoms with Crippen LogP contribution < -0.4 is 0 Å². The summed E-state index contributed by atoms with van der Waals surface area (Å²) in [7, 11) is 0. The first-order valence-electron chi connectivity index (χ1n) is 5.94. The van der Waals surface area contributed by atoms with Crippen LogP contribution in [0.1, 0.15) is 32.1 Å². The highest BCUT2D eigenvalue weighted by Gasteiger charge is 2.50. The Bertz CT molecular complexity index is 306. The number of carbonyl (C=O) groups is 1. The largest absolute Gasteiger partial charge is 0.393 e. The zero-order valence-corrected chi connectivity index (χ0v) is 9.41. The molecular weight excluding hydrogens is 235 g/mol. The summed E-state index contributed by atoms with van der Waals surface area (Å²) in [5.74, 6) is -1.69. The number of aliphatic hydroxyl groups is 1. The minimum absolute atomic E-state index is 0.0515. The Kier molecular flexibility index (Phi) is 3.34. The van der Waals surface area contributed by atoms with Gasteiger partial charge in [-0.25, -0.2) is 0 Å². The van der Waals surface area contributed by atoms with Gasteiger partial charge in [-0.2, -0.15) is 13.2 Å². The number of hydrogen-bond acceptors (Lipinski definition) is 2. The highest BCUT2D eigenvalue weighted by Crippen LogP contribution is 2.41. The molecule has 0 bridgehead atoms. The number of likely N-dealkylation sites (tertiary alicyclic amines) is 1. The van der Waals surface area contributed by atoms with Crippen LogP contribution in [0.25, 0.3) is 0 Å². The summed E-state index contributed by atoms with van der Waals surface area (Å²) >= 11 is 0. The van der Waals surface area contributed by atoms with Gasteiger partial charge >= 0.3 is 6.18 Å².